The van der Waals surface area contributed by atoms with Gasteiger partial charge in [0.2, 0.25) is 11.8 Å². The van der Waals surface area contributed by atoms with Gasteiger partial charge in [-0.2, -0.15) is 0 Å². The molecule has 0 aromatic heterocycles. The van der Waals surface area contributed by atoms with E-state index in [1.807, 2.05) is 34.9 Å². The fraction of sp³-hybridized carbons (Fsp3) is 0.600. The Bertz CT molecular complexity index is 617. The monoisotopic (exact) mass is 343 g/mol. The van der Waals surface area contributed by atoms with Crippen molar-refractivity contribution in [2.24, 2.45) is 0 Å². The van der Waals surface area contributed by atoms with Crippen molar-refractivity contribution in [1.29, 1.82) is 0 Å². The second-order valence-electron chi connectivity index (χ2n) is 7.56. The molecular formula is C20H29N3O2. The third-order valence-corrected chi connectivity index (χ3v) is 5.66. The molecule has 25 heavy (non-hydrogen) atoms. The van der Waals surface area contributed by atoms with Crippen LogP contribution < -0.4 is 0 Å². The number of benzene rings is 1. The van der Waals surface area contributed by atoms with Crippen LogP contribution in [0.25, 0.3) is 0 Å². The van der Waals surface area contributed by atoms with E-state index >= 15 is 0 Å². The minimum absolute atomic E-state index is 0.108. The number of piperazine rings is 1. The van der Waals surface area contributed by atoms with Crippen LogP contribution in [-0.4, -0.2) is 71.8 Å². The highest BCUT2D eigenvalue weighted by Gasteiger charge is 2.45. The van der Waals surface area contributed by atoms with Gasteiger partial charge in [-0.25, -0.2) is 0 Å². The molecule has 0 saturated carbocycles. The van der Waals surface area contributed by atoms with Crippen molar-refractivity contribution in [3.05, 3.63) is 35.9 Å². The first-order valence-electron chi connectivity index (χ1n) is 9.27. The molecule has 136 valence electrons. The molecule has 0 spiro atoms. The van der Waals surface area contributed by atoms with Gasteiger partial charge in [0.25, 0.3) is 0 Å². The minimum atomic E-state index is -0.332. The van der Waals surface area contributed by atoms with E-state index in [1.165, 1.54) is 5.56 Å². The van der Waals surface area contributed by atoms with Crippen LogP contribution in [0.1, 0.15) is 31.7 Å². The molecule has 2 saturated heterocycles. The highest BCUT2D eigenvalue weighted by atomic mass is 16.2. The maximum atomic E-state index is 12.7. The van der Waals surface area contributed by atoms with E-state index in [2.05, 4.69) is 31.1 Å². The third-order valence-electron chi connectivity index (χ3n) is 5.66. The Morgan fingerprint density at radius 1 is 1.20 bits per heavy atom. The molecule has 0 aliphatic carbocycles. The van der Waals surface area contributed by atoms with Gasteiger partial charge in [0.1, 0.15) is 6.04 Å². The van der Waals surface area contributed by atoms with E-state index in [-0.39, 0.29) is 23.9 Å². The zero-order valence-corrected chi connectivity index (χ0v) is 15.5. The maximum Gasteiger partial charge on any atom is 0.245 e. The summed E-state index contributed by atoms with van der Waals surface area (Å²) < 4.78 is 0. The molecule has 2 aliphatic rings. The molecule has 3 rings (SSSR count). The SMILES string of the molecule is C[C@H]1C(=O)N2C[C@@H](N(C)C)C[C@H]2CN1C(=O)CCCc1ccccc1. The van der Waals surface area contributed by atoms with Gasteiger partial charge in [-0.1, -0.05) is 30.3 Å². The van der Waals surface area contributed by atoms with Crippen LogP contribution in [0.2, 0.25) is 0 Å². The molecule has 0 bridgehead atoms. The standard InChI is InChI=1S/C20H29N3O2/c1-15-20(25)23-13-17(21(2)3)12-18(23)14-22(15)19(24)11-7-10-16-8-5-4-6-9-16/h4-6,8-9,15,17-18H,7,10-14H2,1-3H3/t15-,17-,18-/m0/s1. The van der Waals surface area contributed by atoms with E-state index in [0.29, 0.717) is 19.0 Å². The van der Waals surface area contributed by atoms with Gasteiger partial charge in [0, 0.05) is 25.6 Å². The van der Waals surface area contributed by atoms with Crippen LogP contribution in [0.4, 0.5) is 0 Å². The van der Waals surface area contributed by atoms with Gasteiger partial charge in [-0.15, -0.1) is 0 Å². The fourth-order valence-corrected chi connectivity index (χ4v) is 4.02. The van der Waals surface area contributed by atoms with Crippen molar-refractivity contribution in [2.45, 2.75) is 50.7 Å². The Hall–Kier alpha value is -1.88. The van der Waals surface area contributed by atoms with E-state index < -0.39 is 0 Å². The van der Waals surface area contributed by atoms with Crippen LogP contribution in [0.5, 0.6) is 0 Å². The molecule has 5 nitrogen and oxygen atoms in total. The number of amides is 2. The van der Waals surface area contributed by atoms with Crippen LogP contribution in [0.15, 0.2) is 30.3 Å². The number of fused-ring (bicyclic) bond motifs is 1. The van der Waals surface area contributed by atoms with Gasteiger partial charge in [-0.3, -0.25) is 9.59 Å². The Kier molecular flexibility index (Phi) is 5.42. The molecule has 0 unspecified atom stereocenters. The fourth-order valence-electron chi connectivity index (χ4n) is 4.02. The molecular weight excluding hydrogens is 314 g/mol. The van der Waals surface area contributed by atoms with Gasteiger partial charge in [0.15, 0.2) is 0 Å². The number of rotatable bonds is 5. The maximum absolute atomic E-state index is 12.7. The summed E-state index contributed by atoms with van der Waals surface area (Å²) in [6, 6.07) is 10.5. The van der Waals surface area contributed by atoms with Gasteiger partial charge >= 0.3 is 0 Å². The third kappa shape index (κ3) is 3.87. The van der Waals surface area contributed by atoms with Crippen molar-refractivity contribution in [3.8, 4) is 0 Å². The van der Waals surface area contributed by atoms with Crippen molar-refractivity contribution in [1.82, 2.24) is 14.7 Å². The first kappa shape index (κ1) is 17.9. The van der Waals surface area contributed by atoms with Crippen molar-refractivity contribution < 1.29 is 9.59 Å². The molecule has 2 amide bonds. The summed E-state index contributed by atoms with van der Waals surface area (Å²) in [5.74, 6) is 0.224. The van der Waals surface area contributed by atoms with Gasteiger partial charge < -0.3 is 14.7 Å². The van der Waals surface area contributed by atoms with E-state index in [4.69, 9.17) is 0 Å². The van der Waals surface area contributed by atoms with E-state index in [1.54, 1.807) is 0 Å². The van der Waals surface area contributed by atoms with Gasteiger partial charge in [-0.05, 0) is 45.8 Å². The Labute approximate surface area is 150 Å². The number of nitrogens with zero attached hydrogens (tertiary/aromatic N) is 3. The number of carbonyl (C=O) groups is 2. The van der Waals surface area contributed by atoms with Gasteiger partial charge in [0.05, 0.1) is 6.04 Å². The summed E-state index contributed by atoms with van der Waals surface area (Å²) in [7, 11) is 4.12. The van der Waals surface area contributed by atoms with Crippen molar-refractivity contribution in [2.75, 3.05) is 27.2 Å². The van der Waals surface area contributed by atoms with Crippen molar-refractivity contribution in [3.63, 3.8) is 0 Å². The largest absolute Gasteiger partial charge is 0.335 e. The molecule has 2 aliphatic heterocycles. The lowest BCUT2D eigenvalue weighted by Crippen LogP contribution is -2.60. The lowest BCUT2D eigenvalue weighted by molar-refractivity contribution is -0.152. The molecule has 1 aromatic carbocycles. The summed E-state index contributed by atoms with van der Waals surface area (Å²) in [5, 5.41) is 0. The molecule has 0 N–H and O–H groups in total. The zero-order chi connectivity index (χ0) is 18.0. The first-order chi connectivity index (χ1) is 12.0. The average molecular weight is 343 g/mol. The summed E-state index contributed by atoms with van der Waals surface area (Å²) in [6.45, 7) is 3.34. The molecule has 2 heterocycles. The normalized spacial score (nSPS) is 26.2. The summed E-state index contributed by atoms with van der Waals surface area (Å²) in [6.07, 6.45) is 3.20. The molecule has 3 atom stereocenters. The Morgan fingerprint density at radius 2 is 1.92 bits per heavy atom. The lowest BCUT2D eigenvalue weighted by atomic mass is 10.0. The number of carbonyl (C=O) groups excluding carboxylic acids is 2. The lowest BCUT2D eigenvalue weighted by Gasteiger charge is -2.41. The minimum Gasteiger partial charge on any atom is -0.335 e. The van der Waals surface area contributed by atoms with Crippen molar-refractivity contribution >= 4 is 11.8 Å². The molecule has 0 radical (unpaired) electrons. The van der Waals surface area contributed by atoms with Crippen LogP contribution in [0.3, 0.4) is 0 Å². The molecule has 1 aromatic rings. The summed E-state index contributed by atoms with van der Waals surface area (Å²) in [5.41, 5.74) is 1.26. The number of aryl methyl sites for hydroxylation is 1. The smallest absolute Gasteiger partial charge is 0.245 e. The Morgan fingerprint density at radius 3 is 2.60 bits per heavy atom. The summed E-state index contributed by atoms with van der Waals surface area (Å²) >= 11 is 0. The number of likely N-dealkylation sites (N-methyl/N-ethyl adjacent to an activating group) is 1. The average Bonchev–Trinajstić information content (AvgIpc) is 3.03. The van der Waals surface area contributed by atoms with Crippen LogP contribution in [-0.2, 0) is 16.0 Å². The van der Waals surface area contributed by atoms with Crippen LogP contribution >= 0.6 is 0 Å². The zero-order valence-electron chi connectivity index (χ0n) is 15.5. The summed E-state index contributed by atoms with van der Waals surface area (Å²) in [4.78, 5) is 31.4. The Balaban J connectivity index is 1.56. The van der Waals surface area contributed by atoms with E-state index in [9.17, 15) is 9.59 Å². The highest BCUT2D eigenvalue weighted by Crippen LogP contribution is 2.28. The number of hydrogen-bond acceptors (Lipinski definition) is 3. The first-order valence-corrected chi connectivity index (χ1v) is 9.27. The second kappa shape index (κ2) is 7.56. The second-order valence-corrected chi connectivity index (χ2v) is 7.56. The predicted octanol–water partition coefficient (Wildman–Crippen LogP) is 1.77. The quantitative estimate of drug-likeness (QED) is 0.818. The highest BCUT2D eigenvalue weighted by molar-refractivity contribution is 5.89. The predicted molar refractivity (Wildman–Crippen MR) is 98.1 cm³/mol. The topological polar surface area (TPSA) is 43.9 Å². The number of hydrogen-bond donors (Lipinski definition) is 0. The molecule has 2 fully saturated rings. The van der Waals surface area contributed by atoms with E-state index in [0.717, 1.165) is 25.8 Å². The molecule has 5 heteroatoms. The van der Waals surface area contributed by atoms with Crippen LogP contribution in [0, 0.1) is 0 Å².